The van der Waals surface area contributed by atoms with Crippen LogP contribution < -0.4 is 5.73 Å². The summed E-state index contributed by atoms with van der Waals surface area (Å²) in [4.78, 5) is 0.186. The molecule has 1 aromatic carbocycles. The molecule has 1 rings (SSSR count). The molecule has 0 saturated heterocycles. The predicted molar refractivity (Wildman–Crippen MR) is 61.6 cm³/mol. The molecule has 0 aliphatic carbocycles. The molecule has 3 nitrogen and oxygen atoms in total. The Morgan fingerprint density at radius 2 is 2.19 bits per heavy atom. The van der Waals surface area contributed by atoms with E-state index in [1.807, 2.05) is 6.07 Å². The zero-order valence-electron chi connectivity index (χ0n) is 8.78. The van der Waals surface area contributed by atoms with Crippen LogP contribution in [0.25, 0.3) is 0 Å². The first kappa shape index (κ1) is 12.7. The maximum absolute atomic E-state index is 13.4. The van der Waals surface area contributed by atoms with Gasteiger partial charge < -0.3 is 5.73 Å². The average molecular weight is 240 g/mol. The molecule has 1 unspecified atom stereocenters. The SMILES string of the molecule is N#CCCCCS(=O)c1ccc(N)cc1F. The third-order valence-corrected chi connectivity index (χ3v) is 3.55. The van der Waals surface area contributed by atoms with Gasteiger partial charge in [-0.1, -0.05) is 0 Å². The first-order valence-electron chi connectivity index (χ1n) is 4.95. The zero-order valence-corrected chi connectivity index (χ0v) is 9.60. The van der Waals surface area contributed by atoms with Crippen molar-refractivity contribution in [1.82, 2.24) is 0 Å². The average Bonchev–Trinajstić information content (AvgIpc) is 2.24. The minimum absolute atomic E-state index is 0.186. The lowest BCUT2D eigenvalue weighted by Crippen LogP contribution is -2.01. The standard InChI is InChI=1S/C11H13FN2OS/c12-10-8-9(14)4-5-11(10)16(15)7-3-1-2-6-13/h4-5,8H,1-3,7,14H2. The molecule has 0 radical (unpaired) electrons. The number of nitrogen functional groups attached to an aromatic ring is 1. The van der Waals surface area contributed by atoms with E-state index in [4.69, 9.17) is 11.0 Å². The van der Waals surface area contributed by atoms with Crippen LogP contribution in [0.3, 0.4) is 0 Å². The summed E-state index contributed by atoms with van der Waals surface area (Å²) in [5.41, 5.74) is 5.71. The van der Waals surface area contributed by atoms with Gasteiger partial charge in [0.2, 0.25) is 0 Å². The summed E-state index contributed by atoms with van der Waals surface area (Å²) in [5.74, 6) is -0.152. The molecule has 0 saturated carbocycles. The molecule has 0 fully saturated rings. The van der Waals surface area contributed by atoms with Gasteiger partial charge in [0.15, 0.2) is 0 Å². The van der Waals surface area contributed by atoms with Crippen molar-refractivity contribution in [2.24, 2.45) is 0 Å². The van der Waals surface area contributed by atoms with E-state index in [1.54, 1.807) is 0 Å². The van der Waals surface area contributed by atoms with Crippen molar-refractivity contribution >= 4 is 16.5 Å². The van der Waals surface area contributed by atoms with E-state index in [0.29, 0.717) is 30.7 Å². The molecule has 0 spiro atoms. The van der Waals surface area contributed by atoms with Crippen LogP contribution in [0, 0.1) is 17.1 Å². The fraction of sp³-hybridized carbons (Fsp3) is 0.364. The van der Waals surface area contributed by atoms with Gasteiger partial charge in [0.05, 0.1) is 21.8 Å². The van der Waals surface area contributed by atoms with Gasteiger partial charge in [0, 0.05) is 17.9 Å². The van der Waals surface area contributed by atoms with Crippen molar-refractivity contribution in [3.8, 4) is 6.07 Å². The van der Waals surface area contributed by atoms with Crippen LogP contribution in [0.2, 0.25) is 0 Å². The Labute approximate surface area is 96.5 Å². The quantitative estimate of drug-likeness (QED) is 0.633. The highest BCUT2D eigenvalue weighted by Gasteiger charge is 2.09. The molecule has 1 aromatic rings. The van der Waals surface area contributed by atoms with E-state index in [9.17, 15) is 8.60 Å². The molecule has 0 amide bonds. The summed E-state index contributed by atoms with van der Waals surface area (Å²) in [6.45, 7) is 0. The number of unbranched alkanes of at least 4 members (excludes halogenated alkanes) is 2. The molecule has 0 bridgehead atoms. The Morgan fingerprint density at radius 1 is 1.44 bits per heavy atom. The van der Waals surface area contributed by atoms with Crippen LogP contribution in [-0.4, -0.2) is 9.96 Å². The number of nitrogens with two attached hydrogens (primary N) is 1. The van der Waals surface area contributed by atoms with Crippen molar-refractivity contribution in [1.29, 1.82) is 5.26 Å². The predicted octanol–water partition coefficient (Wildman–Crippen LogP) is 2.21. The van der Waals surface area contributed by atoms with Crippen molar-refractivity contribution in [2.75, 3.05) is 11.5 Å². The number of hydrogen-bond donors (Lipinski definition) is 1. The fourth-order valence-electron chi connectivity index (χ4n) is 1.25. The van der Waals surface area contributed by atoms with Crippen LogP contribution >= 0.6 is 0 Å². The largest absolute Gasteiger partial charge is 0.399 e. The van der Waals surface area contributed by atoms with E-state index in [2.05, 4.69) is 0 Å². The normalized spacial score (nSPS) is 12.0. The van der Waals surface area contributed by atoms with E-state index in [-0.39, 0.29) is 4.90 Å². The molecule has 0 aliphatic rings. The summed E-state index contributed by atoms with van der Waals surface area (Å²) < 4.78 is 25.0. The molecular weight excluding hydrogens is 227 g/mol. The maximum Gasteiger partial charge on any atom is 0.141 e. The van der Waals surface area contributed by atoms with Gasteiger partial charge in [-0.15, -0.1) is 0 Å². The van der Waals surface area contributed by atoms with Crippen LogP contribution in [-0.2, 0) is 10.8 Å². The highest BCUT2D eigenvalue weighted by molar-refractivity contribution is 7.85. The minimum atomic E-state index is -1.35. The first-order chi connectivity index (χ1) is 7.65. The second-order valence-corrected chi connectivity index (χ2v) is 4.89. The first-order valence-corrected chi connectivity index (χ1v) is 6.27. The van der Waals surface area contributed by atoms with Gasteiger partial charge in [-0.3, -0.25) is 4.21 Å². The number of rotatable bonds is 5. The van der Waals surface area contributed by atoms with Crippen molar-refractivity contribution in [3.05, 3.63) is 24.0 Å². The monoisotopic (exact) mass is 240 g/mol. The number of nitriles is 1. The summed E-state index contributed by atoms with van der Waals surface area (Å²) >= 11 is 0. The van der Waals surface area contributed by atoms with Crippen molar-refractivity contribution < 1.29 is 8.60 Å². The van der Waals surface area contributed by atoms with Gasteiger partial charge in [-0.2, -0.15) is 5.26 Å². The Balaban J connectivity index is 2.57. The summed E-state index contributed by atoms with van der Waals surface area (Å²) in [6, 6.07) is 6.16. The summed E-state index contributed by atoms with van der Waals surface area (Å²) in [6.07, 6.45) is 1.80. The number of nitrogens with zero attached hydrogens (tertiary/aromatic N) is 1. The fourth-order valence-corrected chi connectivity index (χ4v) is 2.43. The van der Waals surface area contributed by atoms with Crippen LogP contribution in [0.5, 0.6) is 0 Å². The minimum Gasteiger partial charge on any atom is -0.399 e. The van der Waals surface area contributed by atoms with Crippen LogP contribution in [0.1, 0.15) is 19.3 Å². The molecule has 0 heterocycles. The molecule has 5 heteroatoms. The molecule has 2 N–H and O–H groups in total. The second-order valence-electron chi connectivity index (χ2n) is 3.35. The van der Waals surface area contributed by atoms with E-state index >= 15 is 0 Å². The number of anilines is 1. The third kappa shape index (κ3) is 3.63. The highest BCUT2D eigenvalue weighted by Crippen LogP contribution is 2.16. The van der Waals surface area contributed by atoms with E-state index in [1.165, 1.54) is 18.2 Å². The Morgan fingerprint density at radius 3 is 2.81 bits per heavy atom. The van der Waals surface area contributed by atoms with Crippen LogP contribution in [0.15, 0.2) is 23.1 Å². The van der Waals surface area contributed by atoms with Gasteiger partial charge in [-0.25, -0.2) is 4.39 Å². The maximum atomic E-state index is 13.4. The lowest BCUT2D eigenvalue weighted by atomic mass is 10.3. The number of benzene rings is 1. The van der Waals surface area contributed by atoms with Gasteiger partial charge in [0.1, 0.15) is 5.82 Å². The lowest BCUT2D eigenvalue weighted by molar-refractivity contribution is 0.595. The molecule has 1 atom stereocenters. The summed E-state index contributed by atoms with van der Waals surface area (Å²) in [7, 11) is -1.35. The molecule has 0 aromatic heterocycles. The Kier molecular flexibility index (Phi) is 4.93. The summed E-state index contributed by atoms with van der Waals surface area (Å²) in [5, 5.41) is 8.32. The van der Waals surface area contributed by atoms with Gasteiger partial charge in [-0.05, 0) is 31.0 Å². The van der Waals surface area contributed by atoms with Crippen molar-refractivity contribution in [2.45, 2.75) is 24.2 Å². The smallest absolute Gasteiger partial charge is 0.141 e. The topological polar surface area (TPSA) is 66.9 Å². The molecule has 0 aliphatic heterocycles. The molecule has 86 valence electrons. The lowest BCUT2D eigenvalue weighted by Gasteiger charge is -2.03. The molecule has 16 heavy (non-hydrogen) atoms. The van der Waals surface area contributed by atoms with Gasteiger partial charge in [0.25, 0.3) is 0 Å². The number of halogens is 1. The highest BCUT2D eigenvalue weighted by atomic mass is 32.2. The van der Waals surface area contributed by atoms with E-state index in [0.717, 1.165) is 0 Å². The van der Waals surface area contributed by atoms with Gasteiger partial charge >= 0.3 is 0 Å². The zero-order chi connectivity index (χ0) is 12.0. The molecular formula is C11H13FN2OS. The Hall–Kier alpha value is -1.41. The van der Waals surface area contributed by atoms with Crippen LogP contribution in [0.4, 0.5) is 10.1 Å². The third-order valence-electron chi connectivity index (χ3n) is 2.07. The number of hydrogen-bond acceptors (Lipinski definition) is 3. The Bertz CT molecular complexity index is 428. The second kappa shape index (κ2) is 6.23. The van der Waals surface area contributed by atoms with Crippen molar-refractivity contribution in [3.63, 3.8) is 0 Å². The van der Waals surface area contributed by atoms with E-state index < -0.39 is 16.6 Å².